The van der Waals surface area contributed by atoms with E-state index in [-0.39, 0.29) is 24.0 Å². The molecule has 1 aliphatic heterocycles. The summed E-state index contributed by atoms with van der Waals surface area (Å²) in [5.74, 6) is 0.552. The van der Waals surface area contributed by atoms with Gasteiger partial charge in [-0.25, -0.2) is 4.39 Å². The summed E-state index contributed by atoms with van der Waals surface area (Å²) in [6.07, 6.45) is 1.39. The number of benzene rings is 4. The zero-order chi connectivity index (χ0) is 28.3. The summed E-state index contributed by atoms with van der Waals surface area (Å²) in [7, 11) is -3.42. The lowest BCUT2D eigenvalue weighted by Crippen LogP contribution is -2.17. The van der Waals surface area contributed by atoms with Gasteiger partial charge in [0.15, 0.2) is 6.35 Å². The Morgan fingerprint density at radius 3 is 2.38 bits per heavy atom. The molecule has 0 spiro atoms. The maximum atomic E-state index is 13.4. The van der Waals surface area contributed by atoms with Crippen molar-refractivity contribution in [3.63, 3.8) is 0 Å². The number of aromatic hydroxyl groups is 1. The second kappa shape index (κ2) is 12.0. The number of phenols is 1. The van der Waals surface area contributed by atoms with Crippen LogP contribution in [0.1, 0.15) is 57.0 Å². The van der Waals surface area contributed by atoms with Crippen LogP contribution in [0, 0.1) is 26.6 Å². The Kier molecular flexibility index (Phi) is 8.41. The number of phenolic OH excluding ortho intramolecular Hbond substituents is 1. The van der Waals surface area contributed by atoms with Crippen LogP contribution in [0.25, 0.3) is 0 Å². The highest BCUT2D eigenvalue weighted by Crippen LogP contribution is 2.56. The predicted molar refractivity (Wildman–Crippen MR) is 155 cm³/mol. The summed E-state index contributed by atoms with van der Waals surface area (Å²) < 4.78 is 44.1. The largest absolute Gasteiger partial charge is 0.508 e. The Morgan fingerprint density at radius 1 is 0.925 bits per heavy atom. The number of aryl methyl sites for hydroxylation is 3. The van der Waals surface area contributed by atoms with E-state index in [2.05, 4.69) is 0 Å². The zero-order valence-electron chi connectivity index (χ0n) is 23.0. The lowest BCUT2D eigenvalue weighted by Gasteiger charge is -2.30. The van der Waals surface area contributed by atoms with Crippen LogP contribution in [0.2, 0.25) is 0 Å². The van der Waals surface area contributed by atoms with Crippen LogP contribution < -0.4 is 4.74 Å². The molecule has 2 atom stereocenters. The molecule has 1 aliphatic rings. The summed E-state index contributed by atoms with van der Waals surface area (Å²) >= 11 is 0. The van der Waals surface area contributed by atoms with E-state index in [1.54, 1.807) is 18.2 Å². The number of ether oxygens (including phenoxy) is 1. The molecule has 0 unspecified atom stereocenters. The lowest BCUT2D eigenvalue weighted by molar-refractivity contribution is 0.0725. The van der Waals surface area contributed by atoms with Crippen molar-refractivity contribution in [3.8, 4) is 11.5 Å². The highest BCUT2D eigenvalue weighted by Gasteiger charge is 2.35. The summed E-state index contributed by atoms with van der Waals surface area (Å²) in [5, 5.41) is 10.4. The fourth-order valence-electron chi connectivity index (χ4n) is 5.13. The smallest absolute Gasteiger partial charge is 0.368 e. The highest BCUT2D eigenvalue weighted by atomic mass is 31.2. The third-order valence-corrected chi connectivity index (χ3v) is 8.86. The molecule has 1 N–H and O–H groups in total. The summed E-state index contributed by atoms with van der Waals surface area (Å²) in [5.41, 5.74) is 8.15. The second-order valence-corrected chi connectivity index (χ2v) is 12.4. The van der Waals surface area contributed by atoms with E-state index in [0.717, 1.165) is 44.5 Å². The molecule has 4 aromatic rings. The van der Waals surface area contributed by atoms with Crippen LogP contribution in [0.4, 0.5) is 4.39 Å². The van der Waals surface area contributed by atoms with Gasteiger partial charge in [-0.05, 0) is 96.5 Å². The standard InChI is InChI=1S/C33H34FO5P/c1-22-5-4-6-27(15-22)33-13-14-38-40(36,39-33)21-37-30-16-23(2)31(24(3)17-30)20-26-9-12-32(35)28(19-26)18-25-7-10-29(34)11-8-25/h4-12,15-17,19,33,35H,13-14,18,20-21H2,1-3H3/t33-,40+/m0/s1. The van der Waals surface area contributed by atoms with Gasteiger partial charge in [-0.15, -0.1) is 0 Å². The van der Waals surface area contributed by atoms with Crippen LogP contribution in [-0.2, 0) is 26.5 Å². The van der Waals surface area contributed by atoms with E-state index in [9.17, 15) is 14.1 Å². The Balaban J connectivity index is 1.26. The zero-order valence-corrected chi connectivity index (χ0v) is 23.9. The van der Waals surface area contributed by atoms with E-state index in [1.807, 2.05) is 69.3 Å². The average Bonchev–Trinajstić information content (AvgIpc) is 2.93. The van der Waals surface area contributed by atoms with Gasteiger partial charge in [-0.2, -0.15) is 0 Å². The summed E-state index contributed by atoms with van der Waals surface area (Å²) in [4.78, 5) is 0. The van der Waals surface area contributed by atoms with Crippen molar-refractivity contribution in [2.75, 3.05) is 13.0 Å². The van der Waals surface area contributed by atoms with Crippen molar-refractivity contribution in [1.29, 1.82) is 0 Å². The molecular weight excluding hydrogens is 526 g/mol. The van der Waals surface area contributed by atoms with Crippen molar-refractivity contribution in [3.05, 3.63) is 129 Å². The van der Waals surface area contributed by atoms with E-state index in [1.165, 1.54) is 12.1 Å². The number of hydrogen-bond donors (Lipinski definition) is 1. The molecule has 7 heteroatoms. The van der Waals surface area contributed by atoms with Crippen molar-refractivity contribution in [1.82, 2.24) is 0 Å². The maximum absolute atomic E-state index is 13.4. The van der Waals surface area contributed by atoms with Gasteiger partial charge in [0, 0.05) is 12.8 Å². The Hall–Kier alpha value is -3.44. The molecule has 5 rings (SSSR count). The summed E-state index contributed by atoms with van der Waals surface area (Å²) in [6, 6.07) is 23.9. The molecule has 0 amide bonds. The molecule has 0 aromatic heterocycles. The molecule has 0 bridgehead atoms. The van der Waals surface area contributed by atoms with Crippen molar-refractivity contribution in [2.45, 2.75) is 46.1 Å². The van der Waals surface area contributed by atoms with Gasteiger partial charge < -0.3 is 14.4 Å². The van der Waals surface area contributed by atoms with Gasteiger partial charge in [0.1, 0.15) is 17.3 Å². The van der Waals surface area contributed by atoms with Crippen LogP contribution >= 0.6 is 7.60 Å². The first-order chi connectivity index (χ1) is 19.2. The molecule has 0 radical (unpaired) electrons. The van der Waals surface area contributed by atoms with E-state index < -0.39 is 7.60 Å². The van der Waals surface area contributed by atoms with Crippen LogP contribution in [-0.4, -0.2) is 18.1 Å². The second-order valence-electron chi connectivity index (χ2n) is 10.5. The van der Waals surface area contributed by atoms with Crippen LogP contribution in [0.5, 0.6) is 11.5 Å². The number of rotatable bonds is 8. The molecule has 0 aliphatic carbocycles. The minimum atomic E-state index is -3.42. The third kappa shape index (κ3) is 6.82. The Bertz CT molecular complexity index is 1530. The minimum Gasteiger partial charge on any atom is -0.508 e. The normalized spacial score (nSPS) is 18.9. The molecular formula is C33H34FO5P. The predicted octanol–water partition coefficient (Wildman–Crippen LogP) is 8.35. The van der Waals surface area contributed by atoms with Crippen molar-refractivity contribution in [2.24, 2.45) is 0 Å². The maximum Gasteiger partial charge on any atom is 0.368 e. The van der Waals surface area contributed by atoms with Gasteiger partial charge in [0.25, 0.3) is 0 Å². The van der Waals surface area contributed by atoms with Crippen LogP contribution in [0.3, 0.4) is 0 Å². The van der Waals surface area contributed by atoms with Crippen molar-refractivity contribution >= 4 is 7.60 Å². The van der Waals surface area contributed by atoms with Gasteiger partial charge in [-0.1, -0.05) is 54.1 Å². The molecule has 208 valence electrons. The monoisotopic (exact) mass is 560 g/mol. The topological polar surface area (TPSA) is 65.0 Å². The fraction of sp³-hybridized carbons (Fsp3) is 0.273. The van der Waals surface area contributed by atoms with Crippen LogP contribution in [0.15, 0.2) is 78.9 Å². The molecule has 5 nitrogen and oxygen atoms in total. The van der Waals surface area contributed by atoms with E-state index >= 15 is 0 Å². The first-order valence-electron chi connectivity index (χ1n) is 13.4. The Labute approximate surface area is 235 Å². The minimum absolute atomic E-state index is 0.155. The molecule has 1 heterocycles. The molecule has 4 aromatic carbocycles. The summed E-state index contributed by atoms with van der Waals surface area (Å²) in [6.45, 7) is 6.43. The first-order valence-corrected chi connectivity index (χ1v) is 15.2. The molecule has 1 fully saturated rings. The third-order valence-electron chi connectivity index (χ3n) is 7.26. The highest BCUT2D eigenvalue weighted by molar-refractivity contribution is 7.53. The van der Waals surface area contributed by atoms with E-state index in [0.29, 0.717) is 31.6 Å². The quantitative estimate of drug-likeness (QED) is 0.220. The number of hydrogen-bond acceptors (Lipinski definition) is 5. The first kappa shape index (κ1) is 28.1. The average molecular weight is 561 g/mol. The Morgan fingerprint density at radius 2 is 1.65 bits per heavy atom. The molecule has 0 saturated carbocycles. The van der Waals surface area contributed by atoms with Gasteiger partial charge in [-0.3, -0.25) is 9.09 Å². The van der Waals surface area contributed by atoms with Gasteiger partial charge in [0.05, 0.1) is 12.7 Å². The molecule has 1 saturated heterocycles. The van der Waals surface area contributed by atoms with Gasteiger partial charge >= 0.3 is 7.60 Å². The van der Waals surface area contributed by atoms with Gasteiger partial charge in [0.2, 0.25) is 0 Å². The fourth-order valence-corrected chi connectivity index (χ4v) is 6.63. The van der Waals surface area contributed by atoms with Crippen molar-refractivity contribution < 1.29 is 27.8 Å². The molecule has 40 heavy (non-hydrogen) atoms. The SMILES string of the molecule is Cc1cccc([C@@H]2CCO[P@](=O)(COc3cc(C)c(Cc4ccc(O)c(Cc5ccc(F)cc5)c4)c(C)c3)O2)c1. The number of halogens is 1. The lowest BCUT2D eigenvalue weighted by atomic mass is 9.93. The van der Waals surface area contributed by atoms with E-state index in [4.69, 9.17) is 13.8 Å².